The largest absolute Gasteiger partial charge is 0.264 e. The van der Waals surface area contributed by atoms with Crippen LogP contribution in [-0.2, 0) is 5.41 Å². The lowest BCUT2D eigenvalue weighted by Gasteiger charge is -2.42. The summed E-state index contributed by atoms with van der Waals surface area (Å²) in [5, 5.41) is 0.296. The van der Waals surface area contributed by atoms with Crippen molar-refractivity contribution in [2.45, 2.75) is 57.7 Å². The fourth-order valence-electron chi connectivity index (χ4n) is 3.25. The third-order valence-electron chi connectivity index (χ3n) is 4.58. The normalized spacial score (nSPS) is 29.3. The van der Waals surface area contributed by atoms with Gasteiger partial charge in [-0.15, -0.1) is 11.6 Å². The van der Waals surface area contributed by atoms with Crippen LogP contribution < -0.4 is 0 Å². The lowest BCUT2D eigenvalue weighted by atomic mass is 9.66. The molecule has 0 aromatic carbocycles. The number of nitrogens with zero attached hydrogens (tertiary/aromatic N) is 1. The van der Waals surface area contributed by atoms with Crippen molar-refractivity contribution in [3.63, 3.8) is 0 Å². The zero-order valence-corrected chi connectivity index (χ0v) is 12.7. The van der Waals surface area contributed by atoms with Gasteiger partial charge in [-0.25, -0.2) is 0 Å². The molecule has 2 rings (SSSR count). The predicted molar refractivity (Wildman–Crippen MR) is 78.1 cm³/mol. The third-order valence-corrected chi connectivity index (χ3v) is 5.06. The van der Waals surface area contributed by atoms with E-state index in [1.807, 2.05) is 12.4 Å². The summed E-state index contributed by atoms with van der Waals surface area (Å²) in [7, 11) is 0. The molecule has 1 aromatic rings. The van der Waals surface area contributed by atoms with Gasteiger partial charge in [-0.1, -0.05) is 33.3 Å². The molecule has 1 saturated carbocycles. The molecule has 100 valence electrons. The first kappa shape index (κ1) is 13.9. The molecule has 1 aromatic heterocycles. The first-order valence-corrected chi connectivity index (χ1v) is 7.41. The third kappa shape index (κ3) is 2.71. The quantitative estimate of drug-likeness (QED) is 0.706. The van der Waals surface area contributed by atoms with E-state index in [0.717, 1.165) is 12.3 Å². The highest BCUT2D eigenvalue weighted by Crippen LogP contribution is 2.44. The SMILES string of the molecule is Cc1cncc(C(C)(C)C2CCC(C)CC2Cl)c1. The molecule has 0 amide bonds. The molecule has 18 heavy (non-hydrogen) atoms. The second kappa shape index (κ2) is 5.21. The Morgan fingerprint density at radius 1 is 1.28 bits per heavy atom. The van der Waals surface area contributed by atoms with E-state index in [-0.39, 0.29) is 5.41 Å². The van der Waals surface area contributed by atoms with E-state index in [1.54, 1.807) is 0 Å². The zero-order chi connectivity index (χ0) is 13.3. The molecule has 1 nitrogen and oxygen atoms in total. The Morgan fingerprint density at radius 2 is 2.00 bits per heavy atom. The fraction of sp³-hybridized carbons (Fsp3) is 0.688. The summed E-state index contributed by atoms with van der Waals surface area (Å²) >= 11 is 6.63. The minimum atomic E-state index is 0.117. The van der Waals surface area contributed by atoms with Gasteiger partial charge in [0.15, 0.2) is 0 Å². The summed E-state index contributed by atoms with van der Waals surface area (Å²) < 4.78 is 0. The predicted octanol–water partition coefficient (Wildman–Crippen LogP) is 4.71. The Balaban J connectivity index is 2.25. The van der Waals surface area contributed by atoms with E-state index in [9.17, 15) is 0 Å². The van der Waals surface area contributed by atoms with Gasteiger partial charge in [-0.2, -0.15) is 0 Å². The Kier molecular flexibility index (Phi) is 4.01. The van der Waals surface area contributed by atoms with E-state index in [0.29, 0.717) is 11.3 Å². The van der Waals surface area contributed by atoms with Gasteiger partial charge in [0.05, 0.1) is 0 Å². The number of pyridine rings is 1. The lowest BCUT2D eigenvalue weighted by molar-refractivity contribution is 0.207. The van der Waals surface area contributed by atoms with Crippen molar-refractivity contribution in [1.82, 2.24) is 4.98 Å². The molecule has 1 heterocycles. The summed E-state index contributed by atoms with van der Waals surface area (Å²) in [6, 6.07) is 2.26. The van der Waals surface area contributed by atoms with Crippen LogP contribution in [0.15, 0.2) is 18.5 Å². The van der Waals surface area contributed by atoms with Gasteiger partial charge in [0.25, 0.3) is 0 Å². The maximum absolute atomic E-state index is 6.63. The van der Waals surface area contributed by atoms with Crippen molar-refractivity contribution in [3.8, 4) is 0 Å². The van der Waals surface area contributed by atoms with Crippen LogP contribution in [-0.4, -0.2) is 10.4 Å². The molecule has 0 saturated heterocycles. The van der Waals surface area contributed by atoms with Crippen molar-refractivity contribution >= 4 is 11.6 Å². The summed E-state index contributed by atoms with van der Waals surface area (Å²) in [5.74, 6) is 1.33. The highest BCUT2D eigenvalue weighted by molar-refractivity contribution is 6.20. The molecule has 1 fully saturated rings. The van der Waals surface area contributed by atoms with E-state index < -0.39 is 0 Å². The minimum Gasteiger partial charge on any atom is -0.264 e. The van der Waals surface area contributed by atoms with Crippen LogP contribution in [0, 0.1) is 18.8 Å². The number of hydrogen-bond acceptors (Lipinski definition) is 1. The lowest BCUT2D eigenvalue weighted by Crippen LogP contribution is -2.38. The van der Waals surface area contributed by atoms with E-state index >= 15 is 0 Å². The minimum absolute atomic E-state index is 0.117. The van der Waals surface area contributed by atoms with E-state index in [1.165, 1.54) is 24.0 Å². The maximum atomic E-state index is 6.63. The Bertz CT molecular complexity index is 413. The number of hydrogen-bond donors (Lipinski definition) is 0. The number of aromatic nitrogens is 1. The van der Waals surface area contributed by atoms with Crippen molar-refractivity contribution in [1.29, 1.82) is 0 Å². The second-order valence-electron chi connectivity index (χ2n) is 6.51. The zero-order valence-electron chi connectivity index (χ0n) is 11.9. The monoisotopic (exact) mass is 265 g/mol. The van der Waals surface area contributed by atoms with Gasteiger partial charge >= 0.3 is 0 Å². The Morgan fingerprint density at radius 3 is 2.61 bits per heavy atom. The topological polar surface area (TPSA) is 12.9 Å². The van der Waals surface area contributed by atoms with Gasteiger partial charge < -0.3 is 0 Å². The van der Waals surface area contributed by atoms with Gasteiger partial charge in [0.1, 0.15) is 0 Å². The summed E-state index contributed by atoms with van der Waals surface area (Å²) in [4.78, 5) is 4.34. The van der Waals surface area contributed by atoms with Gasteiger partial charge in [0, 0.05) is 17.8 Å². The molecule has 2 heteroatoms. The molecular formula is C16H24ClN. The van der Waals surface area contributed by atoms with E-state index in [4.69, 9.17) is 11.6 Å². The van der Waals surface area contributed by atoms with Crippen LogP contribution in [0.25, 0.3) is 0 Å². The maximum Gasteiger partial charge on any atom is 0.0375 e. The van der Waals surface area contributed by atoms with Crippen LogP contribution in [0.1, 0.15) is 51.2 Å². The van der Waals surface area contributed by atoms with Crippen LogP contribution in [0.2, 0.25) is 0 Å². The van der Waals surface area contributed by atoms with E-state index in [2.05, 4.69) is 38.7 Å². The average Bonchev–Trinajstić information content (AvgIpc) is 2.28. The first-order valence-electron chi connectivity index (χ1n) is 6.97. The summed E-state index contributed by atoms with van der Waals surface area (Å²) in [5.41, 5.74) is 2.68. The number of halogens is 1. The highest BCUT2D eigenvalue weighted by Gasteiger charge is 2.39. The van der Waals surface area contributed by atoms with Crippen LogP contribution in [0.3, 0.4) is 0 Å². The molecule has 0 radical (unpaired) electrons. The molecule has 3 unspecified atom stereocenters. The highest BCUT2D eigenvalue weighted by atomic mass is 35.5. The van der Waals surface area contributed by atoms with Gasteiger partial charge in [-0.3, -0.25) is 4.98 Å². The summed E-state index contributed by atoms with van der Waals surface area (Å²) in [6.07, 6.45) is 7.61. The molecule has 0 aliphatic heterocycles. The number of aryl methyl sites for hydroxylation is 1. The fourth-order valence-corrected chi connectivity index (χ4v) is 3.99. The van der Waals surface area contributed by atoms with Crippen molar-refractivity contribution in [2.24, 2.45) is 11.8 Å². The van der Waals surface area contributed by atoms with Gasteiger partial charge in [0.2, 0.25) is 0 Å². The van der Waals surface area contributed by atoms with Crippen LogP contribution in [0.4, 0.5) is 0 Å². The standard InChI is InChI=1S/C16H24ClN/c1-11-5-6-14(15(17)8-11)16(3,4)13-7-12(2)9-18-10-13/h7,9-11,14-15H,5-6,8H2,1-4H3. The smallest absolute Gasteiger partial charge is 0.0375 e. The molecule has 1 aliphatic rings. The molecule has 0 spiro atoms. The Labute approximate surface area is 116 Å². The molecular weight excluding hydrogens is 242 g/mol. The number of alkyl halides is 1. The Hall–Kier alpha value is -0.560. The van der Waals surface area contributed by atoms with Crippen molar-refractivity contribution in [2.75, 3.05) is 0 Å². The summed E-state index contributed by atoms with van der Waals surface area (Å²) in [6.45, 7) is 9.06. The van der Waals surface area contributed by atoms with Crippen LogP contribution >= 0.6 is 11.6 Å². The van der Waals surface area contributed by atoms with Crippen LogP contribution in [0.5, 0.6) is 0 Å². The first-order chi connectivity index (χ1) is 8.41. The van der Waals surface area contributed by atoms with Crippen molar-refractivity contribution < 1.29 is 0 Å². The molecule has 3 atom stereocenters. The molecule has 1 aliphatic carbocycles. The number of rotatable bonds is 2. The van der Waals surface area contributed by atoms with Crippen molar-refractivity contribution in [3.05, 3.63) is 29.6 Å². The van der Waals surface area contributed by atoms with Gasteiger partial charge in [-0.05, 0) is 48.1 Å². The average molecular weight is 266 g/mol. The second-order valence-corrected chi connectivity index (χ2v) is 7.07. The molecule has 0 bridgehead atoms. The molecule has 0 N–H and O–H groups in total.